The molecule has 1 N–H and O–H groups in total. The van der Waals surface area contributed by atoms with Crippen molar-refractivity contribution in [3.63, 3.8) is 0 Å². The molecule has 5 nitrogen and oxygen atoms in total. The monoisotopic (exact) mass is 297 g/mol. The second-order valence-corrected chi connectivity index (χ2v) is 4.95. The van der Waals surface area contributed by atoms with E-state index in [4.69, 9.17) is 4.74 Å². The molecule has 0 radical (unpaired) electrons. The van der Waals surface area contributed by atoms with Gasteiger partial charge in [0, 0.05) is 6.07 Å². The molecule has 0 aliphatic carbocycles. The molecule has 0 aliphatic heterocycles. The Bertz CT molecular complexity index is 857. The minimum atomic E-state index is -0.385. The predicted molar refractivity (Wildman–Crippen MR) is 82.3 cm³/mol. The highest BCUT2D eigenvalue weighted by molar-refractivity contribution is 5.42. The SMILES string of the molecule is CCCn1c(O)c(Oc2ccccc2)c(=O)[n+]2ccccc12. The van der Waals surface area contributed by atoms with Crippen molar-refractivity contribution in [2.75, 3.05) is 0 Å². The van der Waals surface area contributed by atoms with Gasteiger partial charge in [-0.15, -0.1) is 0 Å². The minimum Gasteiger partial charge on any atom is -0.475 e. The molecule has 2 heterocycles. The normalized spacial score (nSPS) is 10.8. The third-order valence-corrected chi connectivity index (χ3v) is 3.40. The molecular weight excluding hydrogens is 280 g/mol. The van der Waals surface area contributed by atoms with Crippen LogP contribution in [-0.4, -0.2) is 9.67 Å². The molecule has 1 aromatic carbocycles. The number of pyridine rings is 1. The zero-order valence-electron chi connectivity index (χ0n) is 12.3. The quantitative estimate of drug-likeness (QED) is 0.753. The summed E-state index contributed by atoms with van der Waals surface area (Å²) in [7, 11) is 0. The molecule has 0 aliphatic rings. The van der Waals surface area contributed by atoms with Crippen LogP contribution in [0.1, 0.15) is 13.3 Å². The molecule has 0 amide bonds. The van der Waals surface area contributed by atoms with Crippen molar-refractivity contribution < 1.29 is 14.2 Å². The number of hydrogen-bond acceptors (Lipinski definition) is 3. The summed E-state index contributed by atoms with van der Waals surface area (Å²) in [5, 5.41) is 10.5. The first-order chi connectivity index (χ1) is 10.7. The fourth-order valence-corrected chi connectivity index (χ4v) is 2.40. The number of ether oxygens (including phenoxy) is 1. The fraction of sp³-hybridized carbons (Fsp3) is 0.176. The Labute approximate surface area is 127 Å². The second kappa shape index (κ2) is 5.89. The number of para-hydroxylation sites is 1. The maximum absolute atomic E-state index is 12.6. The number of fused-ring (bicyclic) bond motifs is 1. The number of aryl methyl sites for hydroxylation is 1. The van der Waals surface area contributed by atoms with Crippen LogP contribution in [0.2, 0.25) is 0 Å². The lowest BCUT2D eigenvalue weighted by Gasteiger charge is -2.09. The zero-order chi connectivity index (χ0) is 15.5. The highest BCUT2D eigenvalue weighted by Gasteiger charge is 2.25. The smallest absolute Gasteiger partial charge is 0.389 e. The molecule has 0 spiro atoms. The topological polar surface area (TPSA) is 55.6 Å². The number of aromatic hydroxyl groups is 1. The Kier molecular flexibility index (Phi) is 3.78. The maximum Gasteiger partial charge on any atom is 0.389 e. The second-order valence-electron chi connectivity index (χ2n) is 4.95. The molecule has 0 saturated heterocycles. The molecule has 3 rings (SSSR count). The number of nitrogens with zero attached hydrogens (tertiary/aromatic N) is 2. The first-order valence-corrected chi connectivity index (χ1v) is 7.21. The Balaban J connectivity index is 2.23. The molecule has 0 unspecified atom stereocenters. The van der Waals surface area contributed by atoms with Gasteiger partial charge in [0.1, 0.15) is 5.75 Å². The molecule has 3 aromatic rings. The van der Waals surface area contributed by atoms with Crippen molar-refractivity contribution in [2.45, 2.75) is 19.9 Å². The van der Waals surface area contributed by atoms with Gasteiger partial charge in [0.2, 0.25) is 0 Å². The van der Waals surface area contributed by atoms with Gasteiger partial charge in [-0.25, -0.2) is 4.79 Å². The van der Waals surface area contributed by atoms with Crippen LogP contribution in [0.15, 0.2) is 59.5 Å². The first kappa shape index (κ1) is 14.1. The van der Waals surface area contributed by atoms with Crippen LogP contribution in [-0.2, 0) is 6.54 Å². The van der Waals surface area contributed by atoms with Gasteiger partial charge in [0.05, 0.1) is 12.7 Å². The van der Waals surface area contributed by atoms with E-state index in [9.17, 15) is 9.90 Å². The molecular formula is C17H17N2O3+. The summed E-state index contributed by atoms with van der Waals surface area (Å²) < 4.78 is 8.79. The van der Waals surface area contributed by atoms with Gasteiger partial charge in [-0.1, -0.05) is 31.2 Å². The summed E-state index contributed by atoms with van der Waals surface area (Å²) in [5.74, 6) is 0.291. The number of aromatic nitrogens is 2. The fourth-order valence-electron chi connectivity index (χ4n) is 2.40. The third-order valence-electron chi connectivity index (χ3n) is 3.40. The van der Waals surface area contributed by atoms with Crippen LogP contribution in [0.5, 0.6) is 17.4 Å². The van der Waals surface area contributed by atoms with Crippen LogP contribution >= 0.6 is 0 Å². The summed E-state index contributed by atoms with van der Waals surface area (Å²) in [5.41, 5.74) is 0.247. The summed E-state index contributed by atoms with van der Waals surface area (Å²) in [4.78, 5) is 12.6. The molecule has 0 atom stereocenters. The lowest BCUT2D eigenvalue weighted by Crippen LogP contribution is -2.43. The number of benzene rings is 1. The average Bonchev–Trinajstić information content (AvgIpc) is 2.56. The Morgan fingerprint density at radius 1 is 1.14 bits per heavy atom. The minimum absolute atomic E-state index is 0.0663. The van der Waals surface area contributed by atoms with Crippen molar-refractivity contribution in [2.24, 2.45) is 0 Å². The van der Waals surface area contributed by atoms with Crippen molar-refractivity contribution in [3.05, 3.63) is 65.1 Å². The van der Waals surface area contributed by atoms with E-state index in [1.807, 2.05) is 31.2 Å². The molecule has 2 aromatic heterocycles. The van der Waals surface area contributed by atoms with E-state index < -0.39 is 0 Å². The molecule has 22 heavy (non-hydrogen) atoms. The van der Waals surface area contributed by atoms with Gasteiger partial charge in [-0.3, -0.25) is 0 Å². The lowest BCUT2D eigenvalue weighted by molar-refractivity contribution is -0.533. The highest BCUT2D eigenvalue weighted by Crippen LogP contribution is 2.27. The number of hydrogen-bond donors (Lipinski definition) is 1. The summed E-state index contributed by atoms with van der Waals surface area (Å²) >= 11 is 0. The molecule has 112 valence electrons. The lowest BCUT2D eigenvalue weighted by atomic mass is 10.3. The van der Waals surface area contributed by atoms with Crippen LogP contribution in [0.25, 0.3) is 5.65 Å². The zero-order valence-corrected chi connectivity index (χ0v) is 12.3. The van der Waals surface area contributed by atoms with Crippen LogP contribution in [0.4, 0.5) is 0 Å². The summed E-state index contributed by atoms with van der Waals surface area (Å²) in [6, 6.07) is 14.4. The third kappa shape index (κ3) is 2.41. The standard InChI is InChI=1S/C17H16N2O3/c1-2-11-18-14-10-6-7-12-19(14)17(21)15(16(18)20)22-13-8-4-3-5-9-13/h3-10,12H,2,11H2,1H3/p+1. The van der Waals surface area contributed by atoms with Crippen LogP contribution in [0.3, 0.4) is 0 Å². The largest absolute Gasteiger partial charge is 0.475 e. The van der Waals surface area contributed by atoms with Gasteiger partial charge in [-0.05, 0) is 24.6 Å². The van der Waals surface area contributed by atoms with E-state index in [2.05, 4.69) is 0 Å². The van der Waals surface area contributed by atoms with Crippen molar-refractivity contribution in [1.82, 2.24) is 4.57 Å². The van der Waals surface area contributed by atoms with Gasteiger partial charge in [-0.2, -0.15) is 8.97 Å². The van der Waals surface area contributed by atoms with E-state index in [-0.39, 0.29) is 17.2 Å². The van der Waals surface area contributed by atoms with Gasteiger partial charge < -0.3 is 9.84 Å². The first-order valence-electron chi connectivity index (χ1n) is 7.21. The van der Waals surface area contributed by atoms with E-state index in [0.29, 0.717) is 17.9 Å². The molecule has 0 fully saturated rings. The Hall–Kier alpha value is -2.82. The van der Waals surface area contributed by atoms with Crippen molar-refractivity contribution in [1.29, 1.82) is 0 Å². The molecule has 0 bridgehead atoms. The Morgan fingerprint density at radius 2 is 1.86 bits per heavy atom. The van der Waals surface area contributed by atoms with Gasteiger partial charge >= 0.3 is 17.2 Å². The van der Waals surface area contributed by atoms with E-state index in [1.54, 1.807) is 35.0 Å². The van der Waals surface area contributed by atoms with E-state index in [0.717, 1.165) is 6.42 Å². The van der Waals surface area contributed by atoms with E-state index in [1.165, 1.54) is 4.40 Å². The predicted octanol–water partition coefficient (Wildman–Crippen LogP) is 2.49. The highest BCUT2D eigenvalue weighted by atomic mass is 16.5. The molecule has 0 saturated carbocycles. The van der Waals surface area contributed by atoms with Gasteiger partial charge in [0.25, 0.3) is 5.65 Å². The summed E-state index contributed by atoms with van der Waals surface area (Å²) in [6.07, 6.45) is 2.49. The average molecular weight is 297 g/mol. The maximum atomic E-state index is 12.6. The summed E-state index contributed by atoms with van der Waals surface area (Å²) in [6.45, 7) is 2.60. The number of rotatable bonds is 4. The Morgan fingerprint density at radius 3 is 2.59 bits per heavy atom. The van der Waals surface area contributed by atoms with Crippen LogP contribution in [0, 0.1) is 0 Å². The van der Waals surface area contributed by atoms with E-state index >= 15 is 0 Å². The van der Waals surface area contributed by atoms with Crippen LogP contribution < -0.4 is 14.7 Å². The van der Waals surface area contributed by atoms with Crippen molar-refractivity contribution >= 4 is 5.65 Å². The van der Waals surface area contributed by atoms with Gasteiger partial charge in [0.15, 0.2) is 0 Å². The molecule has 5 heteroatoms. The van der Waals surface area contributed by atoms with Crippen molar-refractivity contribution in [3.8, 4) is 17.4 Å².